The molecule has 1 unspecified atom stereocenters. The summed E-state index contributed by atoms with van der Waals surface area (Å²) in [6.07, 6.45) is 2.21. The lowest BCUT2D eigenvalue weighted by Crippen LogP contribution is -2.50. The Kier molecular flexibility index (Phi) is 5.22. The topological polar surface area (TPSA) is 55.6 Å². The van der Waals surface area contributed by atoms with E-state index in [1.54, 1.807) is 7.11 Å². The number of nitrogens with two attached hydrogens (primary N) is 1. The first-order chi connectivity index (χ1) is 7.56. The van der Waals surface area contributed by atoms with Crippen molar-refractivity contribution in [1.29, 1.82) is 0 Å². The van der Waals surface area contributed by atoms with E-state index in [-0.39, 0.29) is 17.9 Å². The number of rotatable bonds is 4. The van der Waals surface area contributed by atoms with E-state index in [1.807, 2.05) is 18.7 Å². The minimum atomic E-state index is -0.360. The van der Waals surface area contributed by atoms with Crippen LogP contribution >= 0.6 is 0 Å². The maximum Gasteiger partial charge on any atom is 0.239 e. The van der Waals surface area contributed by atoms with Gasteiger partial charge < -0.3 is 15.4 Å². The number of amides is 1. The first kappa shape index (κ1) is 13.5. The Bertz CT molecular complexity index is 229. The molecule has 2 atom stereocenters. The predicted octanol–water partition coefficient (Wildman–Crippen LogP) is 0.855. The van der Waals surface area contributed by atoms with Gasteiger partial charge in [-0.15, -0.1) is 0 Å². The molecule has 1 saturated heterocycles. The van der Waals surface area contributed by atoms with Gasteiger partial charge in [-0.1, -0.05) is 13.8 Å². The van der Waals surface area contributed by atoms with Gasteiger partial charge in [-0.25, -0.2) is 0 Å². The molecule has 1 aliphatic rings. The van der Waals surface area contributed by atoms with Crippen LogP contribution in [0.15, 0.2) is 0 Å². The number of likely N-dealkylation sites (tertiary alicyclic amines) is 1. The Hall–Kier alpha value is -0.610. The Balaban J connectivity index is 2.49. The van der Waals surface area contributed by atoms with Crippen molar-refractivity contribution < 1.29 is 9.53 Å². The lowest BCUT2D eigenvalue weighted by molar-refractivity contribution is -0.135. The smallest absolute Gasteiger partial charge is 0.239 e. The number of carbonyl (C=O) groups is 1. The zero-order valence-electron chi connectivity index (χ0n) is 10.6. The molecular formula is C12H24N2O2. The highest BCUT2D eigenvalue weighted by atomic mass is 16.5. The van der Waals surface area contributed by atoms with E-state index in [4.69, 9.17) is 10.5 Å². The molecule has 4 nitrogen and oxygen atoms in total. The van der Waals surface area contributed by atoms with Crippen molar-refractivity contribution in [2.45, 2.75) is 32.7 Å². The fraction of sp³-hybridized carbons (Fsp3) is 0.917. The largest absolute Gasteiger partial charge is 0.384 e. The van der Waals surface area contributed by atoms with E-state index in [9.17, 15) is 4.79 Å². The van der Waals surface area contributed by atoms with Crippen molar-refractivity contribution in [3.63, 3.8) is 0 Å². The van der Waals surface area contributed by atoms with Gasteiger partial charge in [0, 0.05) is 20.2 Å². The first-order valence-electron chi connectivity index (χ1n) is 6.09. The standard InChI is InChI=1S/C12H24N2O2/c1-9(2)11(13)12(15)14-6-4-5-10(7-14)8-16-3/h9-11H,4-8,13H2,1-3H3/t10?,11-/m1/s1. The second-order valence-corrected chi connectivity index (χ2v) is 5.02. The molecule has 4 heteroatoms. The average molecular weight is 228 g/mol. The molecule has 0 aliphatic carbocycles. The summed E-state index contributed by atoms with van der Waals surface area (Å²) in [5.74, 6) is 0.771. The summed E-state index contributed by atoms with van der Waals surface area (Å²) >= 11 is 0. The predicted molar refractivity (Wildman–Crippen MR) is 64.0 cm³/mol. The van der Waals surface area contributed by atoms with Crippen LogP contribution in [0.5, 0.6) is 0 Å². The summed E-state index contributed by atoms with van der Waals surface area (Å²) in [7, 11) is 1.71. The number of hydrogen-bond acceptors (Lipinski definition) is 3. The summed E-state index contributed by atoms with van der Waals surface area (Å²) in [6.45, 7) is 6.35. The Labute approximate surface area is 98.1 Å². The van der Waals surface area contributed by atoms with E-state index in [0.717, 1.165) is 32.5 Å². The number of hydrogen-bond donors (Lipinski definition) is 1. The van der Waals surface area contributed by atoms with Crippen molar-refractivity contribution in [2.24, 2.45) is 17.6 Å². The van der Waals surface area contributed by atoms with Crippen LogP contribution in [0.2, 0.25) is 0 Å². The van der Waals surface area contributed by atoms with Gasteiger partial charge in [0.1, 0.15) is 0 Å². The van der Waals surface area contributed by atoms with Gasteiger partial charge in [0.05, 0.1) is 12.6 Å². The van der Waals surface area contributed by atoms with Crippen LogP contribution in [-0.2, 0) is 9.53 Å². The fourth-order valence-corrected chi connectivity index (χ4v) is 2.13. The van der Waals surface area contributed by atoms with E-state index in [0.29, 0.717) is 5.92 Å². The second kappa shape index (κ2) is 6.21. The number of carbonyl (C=O) groups excluding carboxylic acids is 1. The molecule has 1 rings (SSSR count). The van der Waals surface area contributed by atoms with Crippen molar-refractivity contribution in [3.8, 4) is 0 Å². The van der Waals surface area contributed by atoms with Crippen LogP contribution < -0.4 is 5.73 Å². The molecule has 0 bridgehead atoms. The van der Waals surface area contributed by atoms with Gasteiger partial charge in [0.2, 0.25) is 5.91 Å². The van der Waals surface area contributed by atoms with Crippen LogP contribution in [0.4, 0.5) is 0 Å². The molecule has 0 aromatic carbocycles. The molecule has 0 aromatic rings. The molecule has 0 aromatic heterocycles. The molecule has 16 heavy (non-hydrogen) atoms. The van der Waals surface area contributed by atoms with Crippen molar-refractivity contribution in [3.05, 3.63) is 0 Å². The number of piperidine rings is 1. The lowest BCUT2D eigenvalue weighted by atomic mass is 9.96. The highest BCUT2D eigenvalue weighted by molar-refractivity contribution is 5.82. The Morgan fingerprint density at radius 3 is 2.81 bits per heavy atom. The van der Waals surface area contributed by atoms with E-state index >= 15 is 0 Å². The molecule has 94 valence electrons. The van der Waals surface area contributed by atoms with Gasteiger partial charge in [-0.3, -0.25) is 4.79 Å². The van der Waals surface area contributed by atoms with Crippen LogP contribution in [0.3, 0.4) is 0 Å². The number of methoxy groups -OCH3 is 1. The van der Waals surface area contributed by atoms with Gasteiger partial charge >= 0.3 is 0 Å². The normalized spacial score (nSPS) is 23.6. The van der Waals surface area contributed by atoms with Crippen molar-refractivity contribution in [1.82, 2.24) is 4.90 Å². The quantitative estimate of drug-likeness (QED) is 0.776. The van der Waals surface area contributed by atoms with Gasteiger partial charge in [0.25, 0.3) is 0 Å². The molecule has 1 fully saturated rings. The highest BCUT2D eigenvalue weighted by Crippen LogP contribution is 2.18. The summed E-state index contributed by atoms with van der Waals surface area (Å²) < 4.78 is 5.15. The molecular weight excluding hydrogens is 204 g/mol. The first-order valence-corrected chi connectivity index (χ1v) is 6.09. The minimum absolute atomic E-state index is 0.0933. The lowest BCUT2D eigenvalue weighted by Gasteiger charge is -2.34. The summed E-state index contributed by atoms with van der Waals surface area (Å²) in [5, 5.41) is 0. The monoisotopic (exact) mass is 228 g/mol. The van der Waals surface area contributed by atoms with E-state index < -0.39 is 0 Å². The van der Waals surface area contributed by atoms with Crippen LogP contribution in [0.25, 0.3) is 0 Å². The molecule has 0 radical (unpaired) electrons. The zero-order valence-corrected chi connectivity index (χ0v) is 10.6. The minimum Gasteiger partial charge on any atom is -0.384 e. The Morgan fingerprint density at radius 2 is 2.25 bits per heavy atom. The molecule has 1 amide bonds. The maximum absolute atomic E-state index is 12.0. The third kappa shape index (κ3) is 3.46. The SMILES string of the molecule is COCC1CCCN(C(=O)[C@H](N)C(C)C)C1. The van der Waals surface area contributed by atoms with Gasteiger partial charge in [-0.05, 0) is 24.7 Å². The van der Waals surface area contributed by atoms with E-state index in [1.165, 1.54) is 0 Å². The van der Waals surface area contributed by atoms with Crippen LogP contribution in [0.1, 0.15) is 26.7 Å². The average Bonchev–Trinajstić information content (AvgIpc) is 2.28. The highest BCUT2D eigenvalue weighted by Gasteiger charge is 2.28. The number of nitrogens with zero attached hydrogens (tertiary/aromatic N) is 1. The van der Waals surface area contributed by atoms with Crippen molar-refractivity contribution >= 4 is 5.91 Å². The molecule has 1 aliphatic heterocycles. The fourth-order valence-electron chi connectivity index (χ4n) is 2.13. The molecule has 2 N–H and O–H groups in total. The van der Waals surface area contributed by atoms with Crippen LogP contribution in [0, 0.1) is 11.8 Å². The molecule has 0 saturated carbocycles. The third-order valence-electron chi connectivity index (χ3n) is 3.24. The van der Waals surface area contributed by atoms with Gasteiger partial charge in [-0.2, -0.15) is 0 Å². The molecule has 0 spiro atoms. The Morgan fingerprint density at radius 1 is 1.56 bits per heavy atom. The number of ether oxygens (including phenoxy) is 1. The summed E-state index contributed by atoms with van der Waals surface area (Å²) in [4.78, 5) is 14.0. The maximum atomic E-state index is 12.0. The van der Waals surface area contributed by atoms with Crippen LogP contribution in [-0.4, -0.2) is 43.7 Å². The summed E-state index contributed by atoms with van der Waals surface area (Å²) in [6, 6.07) is -0.360. The summed E-state index contributed by atoms with van der Waals surface area (Å²) in [5.41, 5.74) is 5.89. The second-order valence-electron chi connectivity index (χ2n) is 5.02. The van der Waals surface area contributed by atoms with Gasteiger partial charge in [0.15, 0.2) is 0 Å². The zero-order chi connectivity index (χ0) is 12.1. The molecule has 1 heterocycles. The third-order valence-corrected chi connectivity index (χ3v) is 3.24. The van der Waals surface area contributed by atoms with Crippen molar-refractivity contribution in [2.75, 3.05) is 26.8 Å². The van der Waals surface area contributed by atoms with E-state index in [2.05, 4.69) is 0 Å².